The van der Waals surface area contributed by atoms with Crippen LogP contribution in [0.2, 0.25) is 0 Å². The molecule has 0 atom stereocenters. The molecule has 0 spiro atoms. The lowest BCUT2D eigenvalue weighted by atomic mass is 10.2. The van der Waals surface area contributed by atoms with Crippen molar-refractivity contribution in [2.24, 2.45) is 5.73 Å². The Morgan fingerprint density at radius 1 is 1.45 bits per heavy atom. The average Bonchev–Trinajstić information content (AvgIpc) is 1.80. The molecule has 0 aromatic carbocycles. The summed E-state index contributed by atoms with van der Waals surface area (Å²) < 4.78 is 24.1. The highest BCUT2D eigenvalue weighted by Crippen LogP contribution is 2.15. The zero-order valence-corrected chi connectivity index (χ0v) is 7.63. The van der Waals surface area contributed by atoms with Gasteiger partial charge in [0.05, 0.1) is 5.25 Å². The smallest absolute Gasteiger partial charge is 0.216 e. The fraction of sp³-hybridized carbons (Fsp3) is 1.00. The quantitative estimate of drug-likeness (QED) is 0.612. The fourth-order valence-electron chi connectivity index (χ4n) is 0.976. The Balaban J connectivity index is 2.62. The van der Waals surface area contributed by atoms with Gasteiger partial charge in [-0.15, -0.1) is 0 Å². The Morgan fingerprint density at radius 3 is 2.18 bits per heavy atom. The van der Waals surface area contributed by atoms with Gasteiger partial charge in [0.25, 0.3) is 0 Å². The summed E-state index contributed by atoms with van der Waals surface area (Å²) in [5, 5.41) is -0.324. The number of nitrogens with zero attached hydrogens (tertiary/aromatic N) is 1. The van der Waals surface area contributed by atoms with Crippen molar-refractivity contribution in [1.29, 1.82) is 0 Å². The first kappa shape index (κ1) is 8.96. The number of nitrogens with two attached hydrogens (primary N) is 1. The lowest BCUT2D eigenvalue weighted by Crippen LogP contribution is -2.59. The van der Waals surface area contributed by atoms with Crippen LogP contribution in [0.5, 0.6) is 0 Å². The Labute approximate surface area is 67.4 Å². The molecule has 1 heterocycles. The second-order valence-electron chi connectivity index (χ2n) is 3.17. The maximum atomic E-state index is 11.3. The molecule has 4 nitrogen and oxygen atoms in total. The van der Waals surface area contributed by atoms with Crippen LogP contribution in [0.15, 0.2) is 0 Å². The summed E-state index contributed by atoms with van der Waals surface area (Å²) in [6.07, 6.45) is 0. The van der Waals surface area contributed by atoms with E-state index in [0.717, 1.165) is 0 Å². The molecule has 66 valence electrons. The van der Waals surface area contributed by atoms with Gasteiger partial charge in [0.2, 0.25) is 10.0 Å². The number of hydrogen-bond donors (Lipinski definition) is 1. The molecule has 0 bridgehead atoms. The lowest BCUT2D eigenvalue weighted by Gasteiger charge is -2.36. The van der Waals surface area contributed by atoms with Crippen molar-refractivity contribution in [3.63, 3.8) is 0 Å². The summed E-state index contributed by atoms with van der Waals surface area (Å²) in [6.45, 7) is 4.33. The minimum atomic E-state index is -3.02. The van der Waals surface area contributed by atoms with E-state index in [1.807, 2.05) is 0 Å². The third-order valence-corrected chi connectivity index (χ3v) is 4.04. The molecule has 0 radical (unpaired) electrons. The van der Waals surface area contributed by atoms with Crippen LogP contribution in [0, 0.1) is 0 Å². The highest BCUT2D eigenvalue weighted by atomic mass is 32.2. The highest BCUT2D eigenvalue weighted by Gasteiger charge is 2.34. The molecule has 11 heavy (non-hydrogen) atoms. The summed E-state index contributed by atoms with van der Waals surface area (Å²) in [4.78, 5) is 0. The van der Waals surface area contributed by atoms with E-state index >= 15 is 0 Å². The fourth-order valence-corrected chi connectivity index (χ4v) is 2.37. The Kier molecular flexibility index (Phi) is 2.22. The van der Waals surface area contributed by atoms with Gasteiger partial charge >= 0.3 is 0 Å². The van der Waals surface area contributed by atoms with E-state index in [9.17, 15) is 8.42 Å². The summed E-state index contributed by atoms with van der Waals surface area (Å²) >= 11 is 0. The third kappa shape index (κ3) is 1.55. The van der Waals surface area contributed by atoms with E-state index in [-0.39, 0.29) is 11.3 Å². The van der Waals surface area contributed by atoms with Gasteiger partial charge < -0.3 is 5.73 Å². The average molecular weight is 178 g/mol. The van der Waals surface area contributed by atoms with Crippen LogP contribution in [-0.2, 0) is 10.0 Å². The molecule has 1 fully saturated rings. The molecule has 0 aromatic rings. The lowest BCUT2D eigenvalue weighted by molar-refractivity contribution is 0.263. The Hall–Kier alpha value is -0.130. The van der Waals surface area contributed by atoms with E-state index in [1.54, 1.807) is 13.8 Å². The SMILES string of the molecule is CC(C)S(=O)(=O)N1CC(N)C1. The molecule has 2 N–H and O–H groups in total. The van der Waals surface area contributed by atoms with Crippen LogP contribution in [-0.4, -0.2) is 37.1 Å². The number of rotatable bonds is 2. The molecule has 1 saturated heterocycles. The maximum absolute atomic E-state index is 11.3. The van der Waals surface area contributed by atoms with Crippen molar-refractivity contribution in [3.05, 3.63) is 0 Å². The largest absolute Gasteiger partial charge is 0.325 e. The van der Waals surface area contributed by atoms with Gasteiger partial charge in [-0.1, -0.05) is 0 Å². The molecule has 5 heteroatoms. The second kappa shape index (κ2) is 2.73. The van der Waals surface area contributed by atoms with Crippen LogP contribution in [0.1, 0.15) is 13.8 Å². The van der Waals surface area contributed by atoms with Crippen LogP contribution < -0.4 is 5.73 Å². The Morgan fingerprint density at radius 2 is 1.91 bits per heavy atom. The van der Waals surface area contributed by atoms with E-state index in [1.165, 1.54) is 4.31 Å². The zero-order chi connectivity index (χ0) is 8.65. The molecule has 0 aliphatic carbocycles. The van der Waals surface area contributed by atoms with E-state index in [0.29, 0.717) is 13.1 Å². The first-order valence-corrected chi connectivity index (χ1v) is 5.19. The monoisotopic (exact) mass is 178 g/mol. The molecule has 0 amide bonds. The van der Waals surface area contributed by atoms with Gasteiger partial charge in [-0.05, 0) is 13.8 Å². The van der Waals surface area contributed by atoms with Crippen molar-refractivity contribution in [2.75, 3.05) is 13.1 Å². The molecular weight excluding hydrogens is 164 g/mol. The van der Waals surface area contributed by atoms with Gasteiger partial charge in [-0.25, -0.2) is 8.42 Å². The van der Waals surface area contributed by atoms with Crippen molar-refractivity contribution >= 4 is 10.0 Å². The van der Waals surface area contributed by atoms with Crippen molar-refractivity contribution in [1.82, 2.24) is 4.31 Å². The summed E-state index contributed by atoms with van der Waals surface area (Å²) in [5.74, 6) is 0. The van der Waals surface area contributed by atoms with E-state index in [2.05, 4.69) is 0 Å². The van der Waals surface area contributed by atoms with Crippen LogP contribution in [0.4, 0.5) is 0 Å². The van der Waals surface area contributed by atoms with Gasteiger partial charge in [0, 0.05) is 19.1 Å². The Bertz CT molecular complexity index is 229. The van der Waals surface area contributed by atoms with Gasteiger partial charge in [0.1, 0.15) is 0 Å². The van der Waals surface area contributed by atoms with Crippen molar-refractivity contribution in [3.8, 4) is 0 Å². The molecule has 1 aliphatic heterocycles. The van der Waals surface area contributed by atoms with Gasteiger partial charge in [-0.2, -0.15) is 4.31 Å². The normalized spacial score (nSPS) is 22.2. The minimum Gasteiger partial charge on any atom is -0.325 e. The molecule has 0 aromatic heterocycles. The zero-order valence-electron chi connectivity index (χ0n) is 6.82. The molecular formula is C6H14N2O2S. The van der Waals surface area contributed by atoms with Crippen LogP contribution in [0.3, 0.4) is 0 Å². The van der Waals surface area contributed by atoms with Gasteiger partial charge in [0.15, 0.2) is 0 Å². The van der Waals surface area contributed by atoms with E-state index < -0.39 is 10.0 Å². The first-order chi connectivity index (χ1) is 4.94. The predicted molar refractivity (Wildman–Crippen MR) is 43.6 cm³/mol. The van der Waals surface area contributed by atoms with Crippen LogP contribution >= 0.6 is 0 Å². The standard InChI is InChI=1S/C6H14N2O2S/c1-5(2)11(9,10)8-3-6(7)4-8/h5-6H,3-4,7H2,1-2H3. The summed E-state index contributed by atoms with van der Waals surface area (Å²) in [6, 6.07) is 0.0449. The van der Waals surface area contributed by atoms with E-state index in [4.69, 9.17) is 5.73 Å². The van der Waals surface area contributed by atoms with Crippen LogP contribution in [0.25, 0.3) is 0 Å². The molecule has 0 unspecified atom stereocenters. The van der Waals surface area contributed by atoms with Crippen molar-refractivity contribution < 1.29 is 8.42 Å². The summed E-state index contributed by atoms with van der Waals surface area (Å²) in [7, 11) is -3.02. The first-order valence-electron chi connectivity index (χ1n) is 3.69. The number of sulfonamides is 1. The summed E-state index contributed by atoms with van der Waals surface area (Å²) in [5.41, 5.74) is 5.46. The molecule has 0 saturated carbocycles. The maximum Gasteiger partial charge on any atom is 0.216 e. The van der Waals surface area contributed by atoms with Crippen molar-refractivity contribution in [2.45, 2.75) is 25.1 Å². The highest BCUT2D eigenvalue weighted by molar-refractivity contribution is 7.89. The topological polar surface area (TPSA) is 63.4 Å². The molecule has 1 aliphatic rings. The second-order valence-corrected chi connectivity index (χ2v) is 5.66. The van der Waals surface area contributed by atoms with Gasteiger partial charge in [-0.3, -0.25) is 0 Å². The number of hydrogen-bond acceptors (Lipinski definition) is 3. The third-order valence-electron chi connectivity index (χ3n) is 1.83. The minimum absolute atomic E-state index is 0.0449. The molecule has 1 rings (SSSR count). The predicted octanol–water partition coefficient (Wildman–Crippen LogP) is -0.632.